The summed E-state index contributed by atoms with van der Waals surface area (Å²) < 4.78 is 4.61. The van der Waals surface area contributed by atoms with Gasteiger partial charge in [-0.3, -0.25) is 9.59 Å². The van der Waals surface area contributed by atoms with Gasteiger partial charge >= 0.3 is 5.97 Å². The number of esters is 1. The Morgan fingerprint density at radius 3 is 2.27 bits per heavy atom. The molecule has 6 nitrogen and oxygen atoms in total. The Bertz CT molecular complexity index is 877. The van der Waals surface area contributed by atoms with Gasteiger partial charge in [-0.25, -0.2) is 4.79 Å². The van der Waals surface area contributed by atoms with Gasteiger partial charge in [0.25, 0.3) is 11.8 Å². The maximum absolute atomic E-state index is 12.1. The van der Waals surface area contributed by atoms with Crippen LogP contribution in [0.1, 0.15) is 36.6 Å². The molecule has 2 N–H and O–H groups in total. The molecule has 26 heavy (non-hydrogen) atoms. The van der Waals surface area contributed by atoms with Gasteiger partial charge in [0.2, 0.25) is 0 Å². The SMILES string of the molecule is CNC(=O)c1ccccc1C#CCNC(=O)c1ccc(C(=O)OC)cc1. The number of benzene rings is 2. The van der Waals surface area contributed by atoms with Gasteiger partial charge in [0, 0.05) is 18.2 Å². The molecular weight excluding hydrogens is 332 g/mol. The molecule has 2 aromatic carbocycles. The fraction of sp³-hybridized carbons (Fsp3) is 0.150. The van der Waals surface area contributed by atoms with Crippen LogP contribution >= 0.6 is 0 Å². The van der Waals surface area contributed by atoms with Gasteiger partial charge in [-0.15, -0.1) is 0 Å². The van der Waals surface area contributed by atoms with Crippen molar-refractivity contribution < 1.29 is 19.1 Å². The summed E-state index contributed by atoms with van der Waals surface area (Å²) in [6.45, 7) is 0.125. The minimum atomic E-state index is -0.461. The molecule has 0 spiro atoms. The number of hydrogen-bond donors (Lipinski definition) is 2. The molecule has 0 aliphatic carbocycles. The second kappa shape index (κ2) is 9.04. The first-order valence-corrected chi connectivity index (χ1v) is 7.83. The molecule has 0 aliphatic heterocycles. The zero-order valence-electron chi connectivity index (χ0n) is 14.5. The van der Waals surface area contributed by atoms with E-state index in [0.29, 0.717) is 22.3 Å². The molecule has 2 aromatic rings. The maximum atomic E-state index is 12.1. The van der Waals surface area contributed by atoms with Crippen LogP contribution in [0.15, 0.2) is 48.5 Å². The zero-order chi connectivity index (χ0) is 18.9. The van der Waals surface area contributed by atoms with Crippen LogP contribution in [0.25, 0.3) is 0 Å². The molecule has 2 rings (SSSR count). The molecule has 2 amide bonds. The van der Waals surface area contributed by atoms with Crippen LogP contribution in [0.4, 0.5) is 0 Å². The summed E-state index contributed by atoms with van der Waals surface area (Å²) in [4.78, 5) is 35.2. The van der Waals surface area contributed by atoms with E-state index in [1.807, 2.05) is 0 Å². The molecule has 0 radical (unpaired) electrons. The van der Waals surface area contributed by atoms with Crippen LogP contribution in [-0.4, -0.2) is 38.5 Å². The predicted molar refractivity (Wildman–Crippen MR) is 96.8 cm³/mol. The highest BCUT2D eigenvalue weighted by Crippen LogP contribution is 2.07. The van der Waals surface area contributed by atoms with Crippen molar-refractivity contribution in [1.29, 1.82) is 0 Å². The molecular formula is C20H18N2O4. The summed E-state index contributed by atoms with van der Waals surface area (Å²) in [5.41, 5.74) is 1.84. The number of carbonyl (C=O) groups is 3. The van der Waals surface area contributed by atoms with E-state index < -0.39 is 5.97 Å². The van der Waals surface area contributed by atoms with E-state index in [1.54, 1.807) is 31.3 Å². The zero-order valence-corrected chi connectivity index (χ0v) is 14.5. The number of nitrogens with one attached hydrogen (secondary N) is 2. The smallest absolute Gasteiger partial charge is 0.337 e. The van der Waals surface area contributed by atoms with Crippen LogP contribution in [0.2, 0.25) is 0 Å². The lowest BCUT2D eigenvalue weighted by atomic mass is 10.1. The fourth-order valence-corrected chi connectivity index (χ4v) is 2.17. The highest BCUT2D eigenvalue weighted by atomic mass is 16.5. The first-order valence-electron chi connectivity index (χ1n) is 7.83. The maximum Gasteiger partial charge on any atom is 0.337 e. The van der Waals surface area contributed by atoms with E-state index in [2.05, 4.69) is 27.2 Å². The number of amides is 2. The van der Waals surface area contributed by atoms with Crippen LogP contribution in [0.3, 0.4) is 0 Å². The second-order valence-corrected chi connectivity index (χ2v) is 5.18. The quantitative estimate of drug-likeness (QED) is 0.648. The summed E-state index contributed by atoms with van der Waals surface area (Å²) in [5.74, 6) is 4.72. The van der Waals surface area contributed by atoms with Crippen LogP contribution in [-0.2, 0) is 4.74 Å². The third-order valence-electron chi connectivity index (χ3n) is 3.53. The molecule has 0 unspecified atom stereocenters. The molecule has 0 bridgehead atoms. The fourth-order valence-electron chi connectivity index (χ4n) is 2.17. The first-order chi connectivity index (χ1) is 12.6. The average molecular weight is 350 g/mol. The molecule has 0 aliphatic rings. The standard InChI is InChI=1S/C20H18N2O4/c1-21-19(24)17-8-4-3-6-14(17)7-5-13-22-18(23)15-9-11-16(12-10-15)20(25)26-2/h3-4,6,8-12H,13H2,1-2H3,(H,21,24)(H,22,23). The molecule has 6 heteroatoms. The Morgan fingerprint density at radius 1 is 0.962 bits per heavy atom. The number of methoxy groups -OCH3 is 1. The van der Waals surface area contributed by atoms with E-state index in [-0.39, 0.29) is 18.4 Å². The van der Waals surface area contributed by atoms with E-state index in [4.69, 9.17) is 0 Å². The normalized spacial score (nSPS) is 9.46. The van der Waals surface area contributed by atoms with Gasteiger partial charge in [0.1, 0.15) is 0 Å². The van der Waals surface area contributed by atoms with E-state index in [9.17, 15) is 14.4 Å². The number of rotatable bonds is 4. The van der Waals surface area contributed by atoms with Crippen molar-refractivity contribution in [3.05, 3.63) is 70.8 Å². The first kappa shape index (κ1) is 18.7. The topological polar surface area (TPSA) is 84.5 Å². The Hall–Kier alpha value is -3.59. The summed E-state index contributed by atoms with van der Waals surface area (Å²) >= 11 is 0. The van der Waals surface area contributed by atoms with E-state index in [1.165, 1.54) is 31.4 Å². The lowest BCUT2D eigenvalue weighted by molar-refractivity contribution is 0.0600. The molecule has 0 atom stereocenters. The molecule has 132 valence electrons. The summed E-state index contributed by atoms with van der Waals surface area (Å²) in [6.07, 6.45) is 0. The van der Waals surface area contributed by atoms with Gasteiger partial charge in [-0.1, -0.05) is 24.0 Å². The van der Waals surface area contributed by atoms with Gasteiger partial charge in [0.05, 0.1) is 24.8 Å². The Kier molecular flexibility index (Phi) is 6.52. The Balaban J connectivity index is 1.99. The lowest BCUT2D eigenvalue weighted by Gasteiger charge is -2.03. The number of ether oxygens (including phenoxy) is 1. The van der Waals surface area contributed by atoms with Crippen molar-refractivity contribution in [2.45, 2.75) is 0 Å². The highest BCUT2D eigenvalue weighted by molar-refractivity contribution is 5.97. The van der Waals surface area contributed by atoms with Crippen molar-refractivity contribution in [1.82, 2.24) is 10.6 Å². The Labute approximate surface area is 151 Å². The summed E-state index contributed by atoms with van der Waals surface area (Å²) in [7, 11) is 2.85. The minimum absolute atomic E-state index is 0.125. The molecule has 0 saturated carbocycles. The number of hydrogen-bond acceptors (Lipinski definition) is 4. The van der Waals surface area contributed by atoms with Crippen molar-refractivity contribution >= 4 is 17.8 Å². The predicted octanol–water partition coefficient (Wildman–Crippen LogP) is 1.61. The van der Waals surface area contributed by atoms with Crippen molar-refractivity contribution in [2.75, 3.05) is 20.7 Å². The Morgan fingerprint density at radius 2 is 1.62 bits per heavy atom. The minimum Gasteiger partial charge on any atom is -0.465 e. The monoisotopic (exact) mass is 350 g/mol. The van der Waals surface area contributed by atoms with Crippen LogP contribution in [0, 0.1) is 11.8 Å². The molecule has 0 fully saturated rings. The van der Waals surface area contributed by atoms with E-state index in [0.717, 1.165) is 0 Å². The van der Waals surface area contributed by atoms with Crippen LogP contribution < -0.4 is 10.6 Å². The van der Waals surface area contributed by atoms with Gasteiger partial charge < -0.3 is 15.4 Å². The lowest BCUT2D eigenvalue weighted by Crippen LogP contribution is -2.23. The number of carbonyl (C=O) groups excluding carboxylic acids is 3. The molecule has 0 aromatic heterocycles. The molecule has 0 heterocycles. The van der Waals surface area contributed by atoms with Gasteiger partial charge in [-0.2, -0.15) is 0 Å². The van der Waals surface area contributed by atoms with Crippen molar-refractivity contribution in [2.24, 2.45) is 0 Å². The highest BCUT2D eigenvalue weighted by Gasteiger charge is 2.08. The molecule has 0 saturated heterocycles. The van der Waals surface area contributed by atoms with Crippen molar-refractivity contribution in [3.63, 3.8) is 0 Å². The third-order valence-corrected chi connectivity index (χ3v) is 3.53. The van der Waals surface area contributed by atoms with Gasteiger partial charge in [0.15, 0.2) is 0 Å². The summed E-state index contributed by atoms with van der Waals surface area (Å²) in [5, 5.41) is 5.22. The van der Waals surface area contributed by atoms with Gasteiger partial charge in [-0.05, 0) is 36.4 Å². The van der Waals surface area contributed by atoms with E-state index >= 15 is 0 Å². The van der Waals surface area contributed by atoms with Crippen molar-refractivity contribution in [3.8, 4) is 11.8 Å². The third kappa shape index (κ3) is 4.71. The second-order valence-electron chi connectivity index (χ2n) is 5.18. The summed E-state index contributed by atoms with van der Waals surface area (Å²) in [6, 6.07) is 13.1. The van der Waals surface area contributed by atoms with Crippen LogP contribution in [0.5, 0.6) is 0 Å². The average Bonchev–Trinajstić information content (AvgIpc) is 2.70. The largest absolute Gasteiger partial charge is 0.465 e.